The molecule has 1 aromatic heterocycles. The largest absolute Gasteiger partial charge is 0.434 e. The minimum Gasteiger partial charge on any atom is -0.376 e. The SMILES string of the molecule is NCc1nnn(CC2CCCO2)c1C(F)(F)F. The second kappa shape index (κ2) is 4.61. The van der Waals surface area contributed by atoms with Crippen molar-refractivity contribution in [3.05, 3.63) is 11.4 Å². The van der Waals surface area contributed by atoms with Crippen molar-refractivity contribution in [2.75, 3.05) is 6.61 Å². The first-order valence-corrected chi connectivity index (χ1v) is 5.33. The first-order valence-electron chi connectivity index (χ1n) is 5.33. The highest BCUT2D eigenvalue weighted by atomic mass is 19.4. The molecule has 0 radical (unpaired) electrons. The van der Waals surface area contributed by atoms with Crippen molar-refractivity contribution in [2.45, 2.75) is 38.2 Å². The highest BCUT2D eigenvalue weighted by Gasteiger charge is 2.39. The summed E-state index contributed by atoms with van der Waals surface area (Å²) in [6.07, 6.45) is -3.10. The smallest absolute Gasteiger partial charge is 0.376 e. The van der Waals surface area contributed by atoms with Crippen molar-refractivity contribution in [1.29, 1.82) is 0 Å². The molecule has 0 bridgehead atoms. The molecule has 1 aliphatic rings. The maximum atomic E-state index is 12.8. The molecule has 1 saturated heterocycles. The Bertz CT molecular complexity index is 384. The Morgan fingerprint density at radius 1 is 1.47 bits per heavy atom. The topological polar surface area (TPSA) is 66.0 Å². The average Bonchev–Trinajstić information content (AvgIpc) is 2.85. The van der Waals surface area contributed by atoms with Crippen LogP contribution in [0.25, 0.3) is 0 Å². The lowest BCUT2D eigenvalue weighted by Gasteiger charge is -2.13. The van der Waals surface area contributed by atoms with Gasteiger partial charge in [-0.1, -0.05) is 5.21 Å². The molecule has 17 heavy (non-hydrogen) atoms. The van der Waals surface area contributed by atoms with Crippen LogP contribution in [0.3, 0.4) is 0 Å². The normalized spacial score (nSPS) is 21.1. The quantitative estimate of drug-likeness (QED) is 0.866. The van der Waals surface area contributed by atoms with E-state index in [-0.39, 0.29) is 24.9 Å². The second-order valence-corrected chi connectivity index (χ2v) is 3.90. The molecule has 1 aromatic rings. The highest BCUT2D eigenvalue weighted by molar-refractivity contribution is 5.13. The van der Waals surface area contributed by atoms with E-state index < -0.39 is 11.9 Å². The zero-order chi connectivity index (χ0) is 12.5. The van der Waals surface area contributed by atoms with Crippen LogP contribution in [0.5, 0.6) is 0 Å². The van der Waals surface area contributed by atoms with Gasteiger partial charge >= 0.3 is 6.18 Å². The van der Waals surface area contributed by atoms with Gasteiger partial charge in [0, 0.05) is 13.2 Å². The van der Waals surface area contributed by atoms with Gasteiger partial charge in [-0.05, 0) is 12.8 Å². The van der Waals surface area contributed by atoms with E-state index in [1.807, 2.05) is 0 Å². The second-order valence-electron chi connectivity index (χ2n) is 3.90. The lowest BCUT2D eigenvalue weighted by atomic mass is 10.2. The van der Waals surface area contributed by atoms with Gasteiger partial charge in [-0.2, -0.15) is 13.2 Å². The van der Waals surface area contributed by atoms with E-state index in [1.165, 1.54) is 0 Å². The van der Waals surface area contributed by atoms with Crippen molar-refractivity contribution in [1.82, 2.24) is 15.0 Å². The maximum Gasteiger partial charge on any atom is 0.434 e. The fourth-order valence-electron chi connectivity index (χ4n) is 1.91. The fraction of sp³-hybridized carbons (Fsp3) is 0.778. The monoisotopic (exact) mass is 250 g/mol. The molecule has 0 aromatic carbocycles. The summed E-state index contributed by atoms with van der Waals surface area (Å²) in [5.41, 5.74) is 4.13. The van der Waals surface area contributed by atoms with Gasteiger partial charge in [0.05, 0.1) is 12.6 Å². The number of rotatable bonds is 3. The number of hydrogen-bond acceptors (Lipinski definition) is 4. The minimum atomic E-state index is -4.49. The van der Waals surface area contributed by atoms with E-state index in [9.17, 15) is 13.2 Å². The van der Waals surface area contributed by atoms with Crippen molar-refractivity contribution in [2.24, 2.45) is 5.73 Å². The Morgan fingerprint density at radius 2 is 2.24 bits per heavy atom. The van der Waals surface area contributed by atoms with Crippen molar-refractivity contribution >= 4 is 0 Å². The zero-order valence-corrected chi connectivity index (χ0v) is 9.07. The Hall–Kier alpha value is -1.15. The highest BCUT2D eigenvalue weighted by Crippen LogP contribution is 2.31. The number of hydrogen-bond donors (Lipinski definition) is 1. The minimum absolute atomic E-state index is 0.0713. The van der Waals surface area contributed by atoms with Crippen LogP contribution in [0.2, 0.25) is 0 Å². The number of aromatic nitrogens is 3. The summed E-state index contributed by atoms with van der Waals surface area (Å²) in [6.45, 7) is 0.382. The molecule has 0 saturated carbocycles. The predicted octanol–water partition coefficient (Wildman–Crippen LogP) is 0.935. The van der Waals surface area contributed by atoms with Gasteiger partial charge in [-0.3, -0.25) is 0 Å². The van der Waals surface area contributed by atoms with E-state index in [4.69, 9.17) is 10.5 Å². The summed E-state index contributed by atoms with van der Waals surface area (Å²) in [5.74, 6) is 0. The van der Waals surface area contributed by atoms with E-state index in [1.54, 1.807) is 0 Å². The number of nitrogens with zero attached hydrogens (tertiary/aromatic N) is 3. The van der Waals surface area contributed by atoms with Gasteiger partial charge in [-0.15, -0.1) is 5.10 Å². The van der Waals surface area contributed by atoms with Crippen molar-refractivity contribution < 1.29 is 17.9 Å². The van der Waals surface area contributed by atoms with Crippen LogP contribution >= 0.6 is 0 Å². The lowest BCUT2D eigenvalue weighted by molar-refractivity contribution is -0.145. The van der Waals surface area contributed by atoms with Crippen LogP contribution < -0.4 is 5.73 Å². The Kier molecular flexibility index (Phi) is 3.34. The van der Waals surface area contributed by atoms with Crippen LogP contribution in [0.1, 0.15) is 24.2 Å². The zero-order valence-electron chi connectivity index (χ0n) is 9.07. The summed E-state index contributed by atoms with van der Waals surface area (Å²) < 4.78 is 44.5. The van der Waals surface area contributed by atoms with E-state index in [0.717, 1.165) is 17.5 Å². The van der Waals surface area contributed by atoms with Crippen LogP contribution in [0.15, 0.2) is 0 Å². The molecular weight excluding hydrogens is 237 g/mol. The molecule has 1 atom stereocenters. The molecular formula is C9H13F3N4O. The summed E-state index contributed by atoms with van der Waals surface area (Å²) in [5, 5.41) is 6.96. The Balaban J connectivity index is 2.23. The molecule has 2 heterocycles. The average molecular weight is 250 g/mol. The van der Waals surface area contributed by atoms with Crippen molar-refractivity contribution in [3.8, 4) is 0 Å². The van der Waals surface area contributed by atoms with Gasteiger partial charge in [-0.25, -0.2) is 4.68 Å². The molecule has 5 nitrogen and oxygen atoms in total. The van der Waals surface area contributed by atoms with Crippen LogP contribution in [-0.4, -0.2) is 27.7 Å². The maximum absolute atomic E-state index is 12.8. The van der Waals surface area contributed by atoms with Gasteiger partial charge in [0.1, 0.15) is 5.69 Å². The van der Waals surface area contributed by atoms with Gasteiger partial charge in [0.15, 0.2) is 5.69 Å². The van der Waals surface area contributed by atoms with Crippen molar-refractivity contribution in [3.63, 3.8) is 0 Å². The van der Waals surface area contributed by atoms with Crippen LogP contribution in [-0.2, 0) is 24.0 Å². The first kappa shape index (κ1) is 12.3. The van der Waals surface area contributed by atoms with Gasteiger partial charge < -0.3 is 10.5 Å². The number of ether oxygens (including phenoxy) is 1. The molecule has 1 unspecified atom stereocenters. The van der Waals surface area contributed by atoms with E-state index in [0.29, 0.717) is 6.61 Å². The third kappa shape index (κ3) is 2.58. The number of alkyl halides is 3. The van der Waals surface area contributed by atoms with Crippen LogP contribution in [0, 0.1) is 0 Å². The third-order valence-corrected chi connectivity index (χ3v) is 2.67. The predicted molar refractivity (Wildman–Crippen MR) is 51.9 cm³/mol. The van der Waals surface area contributed by atoms with E-state index >= 15 is 0 Å². The fourth-order valence-corrected chi connectivity index (χ4v) is 1.91. The molecule has 2 N–H and O–H groups in total. The number of halogens is 3. The summed E-state index contributed by atoms with van der Waals surface area (Å²) in [4.78, 5) is 0. The summed E-state index contributed by atoms with van der Waals surface area (Å²) in [7, 11) is 0. The molecule has 8 heteroatoms. The molecule has 1 aliphatic heterocycles. The van der Waals surface area contributed by atoms with Crippen LogP contribution in [0.4, 0.5) is 13.2 Å². The molecule has 96 valence electrons. The van der Waals surface area contributed by atoms with Gasteiger partial charge in [0.25, 0.3) is 0 Å². The molecule has 2 rings (SSSR count). The standard InChI is InChI=1S/C9H13F3N4O/c10-9(11,12)8-7(4-13)14-15-16(8)5-6-2-1-3-17-6/h6H,1-5,13H2. The Labute approximate surface area is 95.7 Å². The number of nitrogens with two attached hydrogens (primary N) is 1. The first-order chi connectivity index (χ1) is 8.02. The summed E-state index contributed by atoms with van der Waals surface area (Å²) in [6, 6.07) is 0. The molecule has 1 fully saturated rings. The third-order valence-electron chi connectivity index (χ3n) is 2.67. The van der Waals surface area contributed by atoms with Gasteiger partial charge in [0.2, 0.25) is 0 Å². The lowest BCUT2D eigenvalue weighted by Crippen LogP contribution is -2.23. The molecule has 0 spiro atoms. The summed E-state index contributed by atoms with van der Waals surface area (Å²) >= 11 is 0. The van der Waals surface area contributed by atoms with E-state index in [2.05, 4.69) is 10.3 Å². The molecule has 0 amide bonds. The Morgan fingerprint density at radius 3 is 2.76 bits per heavy atom. The molecule has 0 aliphatic carbocycles.